The second kappa shape index (κ2) is 4.79. The van der Waals surface area contributed by atoms with Crippen LogP contribution in [0.4, 0.5) is 0 Å². The van der Waals surface area contributed by atoms with Crippen LogP contribution < -0.4 is 11.1 Å². The lowest BCUT2D eigenvalue weighted by molar-refractivity contribution is -0.125. The number of carbonyl (C=O) groups is 1. The minimum Gasteiger partial charge on any atom is -0.351 e. The zero-order valence-corrected chi connectivity index (χ0v) is 9.92. The van der Waals surface area contributed by atoms with Gasteiger partial charge < -0.3 is 11.1 Å². The Morgan fingerprint density at radius 1 is 1.53 bits per heavy atom. The first kappa shape index (κ1) is 12.2. The smallest absolute Gasteiger partial charge is 0.227 e. The molecule has 0 saturated carbocycles. The van der Waals surface area contributed by atoms with Gasteiger partial charge in [-0.25, -0.2) is 0 Å². The van der Waals surface area contributed by atoms with Crippen molar-refractivity contribution in [2.45, 2.75) is 51.6 Å². The SMILES string of the molecule is CCCC(C)(C)NC(=O)C1C=CC(N)C1. The van der Waals surface area contributed by atoms with E-state index >= 15 is 0 Å². The van der Waals surface area contributed by atoms with E-state index in [-0.39, 0.29) is 23.4 Å². The van der Waals surface area contributed by atoms with Crippen LogP contribution in [0.5, 0.6) is 0 Å². The second-order valence-electron chi connectivity index (χ2n) is 5.01. The molecule has 0 aromatic heterocycles. The van der Waals surface area contributed by atoms with Gasteiger partial charge in [-0.3, -0.25) is 4.79 Å². The molecule has 0 heterocycles. The highest BCUT2D eigenvalue weighted by atomic mass is 16.2. The summed E-state index contributed by atoms with van der Waals surface area (Å²) >= 11 is 0. The topological polar surface area (TPSA) is 55.1 Å². The molecule has 1 amide bonds. The predicted octanol–water partition coefficient (Wildman–Crippen LogP) is 1.58. The summed E-state index contributed by atoms with van der Waals surface area (Å²) in [5.41, 5.74) is 5.61. The van der Waals surface area contributed by atoms with Crippen LogP contribution in [0, 0.1) is 5.92 Å². The number of nitrogens with one attached hydrogen (secondary N) is 1. The third kappa shape index (κ3) is 3.67. The number of rotatable bonds is 4. The Morgan fingerprint density at radius 3 is 2.67 bits per heavy atom. The Morgan fingerprint density at radius 2 is 2.20 bits per heavy atom. The monoisotopic (exact) mass is 210 g/mol. The van der Waals surface area contributed by atoms with Crippen LogP contribution in [0.25, 0.3) is 0 Å². The van der Waals surface area contributed by atoms with Crippen LogP contribution in [0.1, 0.15) is 40.0 Å². The van der Waals surface area contributed by atoms with Gasteiger partial charge in [-0.15, -0.1) is 0 Å². The maximum atomic E-state index is 11.9. The molecule has 3 nitrogen and oxygen atoms in total. The van der Waals surface area contributed by atoms with Crippen LogP contribution in [0.3, 0.4) is 0 Å². The van der Waals surface area contributed by atoms with E-state index in [2.05, 4.69) is 26.1 Å². The van der Waals surface area contributed by atoms with E-state index in [0.717, 1.165) is 19.3 Å². The minimum atomic E-state index is -0.105. The van der Waals surface area contributed by atoms with Crippen molar-refractivity contribution in [3.05, 3.63) is 12.2 Å². The Labute approximate surface area is 92.1 Å². The average molecular weight is 210 g/mol. The fraction of sp³-hybridized carbons (Fsp3) is 0.750. The largest absolute Gasteiger partial charge is 0.351 e. The minimum absolute atomic E-state index is 0.0314. The van der Waals surface area contributed by atoms with E-state index < -0.39 is 0 Å². The Kier molecular flexibility index (Phi) is 3.91. The maximum Gasteiger partial charge on any atom is 0.227 e. The fourth-order valence-corrected chi connectivity index (χ4v) is 2.04. The molecule has 3 N–H and O–H groups in total. The lowest BCUT2D eigenvalue weighted by Crippen LogP contribution is -2.45. The molecule has 0 spiro atoms. The predicted molar refractivity (Wildman–Crippen MR) is 62.4 cm³/mol. The van der Waals surface area contributed by atoms with E-state index in [1.165, 1.54) is 0 Å². The first-order chi connectivity index (χ1) is 6.94. The highest BCUT2D eigenvalue weighted by Gasteiger charge is 2.27. The molecular formula is C12H22N2O. The summed E-state index contributed by atoms with van der Waals surface area (Å²) in [4.78, 5) is 11.9. The van der Waals surface area contributed by atoms with Crippen molar-refractivity contribution in [3.8, 4) is 0 Å². The summed E-state index contributed by atoms with van der Waals surface area (Å²) in [6, 6.07) is 0.0510. The molecule has 0 saturated heterocycles. The molecule has 0 aliphatic heterocycles. The molecule has 0 aromatic rings. The Balaban J connectivity index is 2.45. The maximum absolute atomic E-state index is 11.9. The van der Waals surface area contributed by atoms with Crippen molar-refractivity contribution in [1.82, 2.24) is 5.32 Å². The van der Waals surface area contributed by atoms with E-state index in [4.69, 9.17) is 5.73 Å². The Hall–Kier alpha value is -0.830. The van der Waals surface area contributed by atoms with Gasteiger partial charge in [0.25, 0.3) is 0 Å². The van der Waals surface area contributed by atoms with Gasteiger partial charge in [0.2, 0.25) is 5.91 Å². The molecule has 1 rings (SSSR count). The van der Waals surface area contributed by atoms with Crippen molar-refractivity contribution in [2.75, 3.05) is 0 Å². The normalized spacial score (nSPS) is 25.6. The zero-order valence-electron chi connectivity index (χ0n) is 9.92. The standard InChI is InChI=1S/C12H22N2O/c1-4-7-12(2,3)14-11(15)9-5-6-10(13)8-9/h5-6,9-10H,4,7-8,13H2,1-3H3,(H,14,15). The molecule has 2 atom stereocenters. The van der Waals surface area contributed by atoms with Crippen molar-refractivity contribution in [1.29, 1.82) is 0 Å². The van der Waals surface area contributed by atoms with E-state index in [1.807, 2.05) is 12.2 Å². The summed E-state index contributed by atoms with van der Waals surface area (Å²) in [6.45, 7) is 6.25. The molecule has 0 aromatic carbocycles. The van der Waals surface area contributed by atoms with Crippen LogP contribution in [0.15, 0.2) is 12.2 Å². The molecule has 15 heavy (non-hydrogen) atoms. The molecule has 0 fully saturated rings. The third-order valence-corrected chi connectivity index (χ3v) is 2.79. The van der Waals surface area contributed by atoms with Gasteiger partial charge in [-0.1, -0.05) is 25.5 Å². The number of hydrogen-bond acceptors (Lipinski definition) is 2. The van der Waals surface area contributed by atoms with Gasteiger partial charge in [0, 0.05) is 11.6 Å². The lowest BCUT2D eigenvalue weighted by Gasteiger charge is -2.27. The number of nitrogens with two attached hydrogens (primary N) is 1. The number of amides is 1. The van der Waals surface area contributed by atoms with Crippen molar-refractivity contribution < 1.29 is 4.79 Å². The summed E-state index contributed by atoms with van der Waals surface area (Å²) < 4.78 is 0. The van der Waals surface area contributed by atoms with Gasteiger partial charge in [-0.05, 0) is 26.7 Å². The first-order valence-electron chi connectivity index (χ1n) is 5.70. The van der Waals surface area contributed by atoms with Crippen molar-refractivity contribution >= 4 is 5.91 Å². The lowest BCUT2D eigenvalue weighted by atomic mass is 9.97. The van der Waals surface area contributed by atoms with Gasteiger partial charge in [-0.2, -0.15) is 0 Å². The quantitative estimate of drug-likeness (QED) is 0.692. The third-order valence-electron chi connectivity index (χ3n) is 2.79. The molecule has 0 bridgehead atoms. The van der Waals surface area contributed by atoms with Gasteiger partial charge in [0.1, 0.15) is 0 Å². The van der Waals surface area contributed by atoms with Gasteiger partial charge >= 0.3 is 0 Å². The van der Waals surface area contributed by atoms with Crippen LogP contribution >= 0.6 is 0 Å². The van der Waals surface area contributed by atoms with Crippen LogP contribution in [-0.4, -0.2) is 17.5 Å². The Bertz CT molecular complexity index is 258. The van der Waals surface area contributed by atoms with Crippen molar-refractivity contribution in [2.24, 2.45) is 11.7 Å². The number of hydrogen-bond donors (Lipinski definition) is 2. The van der Waals surface area contributed by atoms with E-state index in [0.29, 0.717) is 0 Å². The molecule has 3 heteroatoms. The van der Waals surface area contributed by atoms with Gasteiger partial charge in [0.15, 0.2) is 0 Å². The highest BCUT2D eigenvalue weighted by molar-refractivity contribution is 5.81. The van der Waals surface area contributed by atoms with E-state index in [9.17, 15) is 4.79 Å². The molecule has 86 valence electrons. The first-order valence-corrected chi connectivity index (χ1v) is 5.70. The highest BCUT2D eigenvalue weighted by Crippen LogP contribution is 2.19. The summed E-state index contributed by atoms with van der Waals surface area (Å²) in [5, 5.41) is 3.07. The van der Waals surface area contributed by atoms with Gasteiger partial charge in [0.05, 0.1) is 5.92 Å². The molecule has 0 radical (unpaired) electrons. The van der Waals surface area contributed by atoms with Crippen LogP contribution in [-0.2, 0) is 4.79 Å². The van der Waals surface area contributed by atoms with Crippen LogP contribution in [0.2, 0.25) is 0 Å². The zero-order chi connectivity index (χ0) is 11.5. The fourth-order valence-electron chi connectivity index (χ4n) is 2.04. The van der Waals surface area contributed by atoms with Crippen molar-refractivity contribution in [3.63, 3.8) is 0 Å². The molecule has 2 unspecified atom stereocenters. The molecule has 1 aliphatic rings. The molecule has 1 aliphatic carbocycles. The molecular weight excluding hydrogens is 188 g/mol. The average Bonchev–Trinajstić information content (AvgIpc) is 2.50. The summed E-state index contributed by atoms with van der Waals surface area (Å²) in [5.74, 6) is 0.0776. The van der Waals surface area contributed by atoms with E-state index in [1.54, 1.807) is 0 Å². The number of carbonyl (C=O) groups excluding carboxylic acids is 1. The summed E-state index contributed by atoms with van der Waals surface area (Å²) in [6.07, 6.45) is 6.65. The summed E-state index contributed by atoms with van der Waals surface area (Å²) in [7, 11) is 0. The second-order valence-corrected chi connectivity index (χ2v) is 5.01.